The lowest BCUT2D eigenvalue weighted by atomic mass is 10.3. The zero-order valence-electron chi connectivity index (χ0n) is 10.5. The molecule has 7 nitrogen and oxygen atoms in total. The van der Waals surface area contributed by atoms with Gasteiger partial charge in [-0.1, -0.05) is 11.8 Å². The summed E-state index contributed by atoms with van der Waals surface area (Å²) in [5, 5.41) is 11.6. The highest BCUT2D eigenvalue weighted by Gasteiger charge is 2.25. The molecule has 0 aromatic heterocycles. The number of carboxylic acids is 1. The molecule has 1 aliphatic heterocycles. The van der Waals surface area contributed by atoms with Gasteiger partial charge < -0.3 is 15.2 Å². The van der Waals surface area contributed by atoms with Crippen molar-refractivity contribution in [2.24, 2.45) is 4.40 Å². The molecule has 20 heavy (non-hydrogen) atoms. The molecule has 0 saturated heterocycles. The van der Waals surface area contributed by atoms with Crippen molar-refractivity contribution in [1.29, 1.82) is 0 Å². The average molecular weight is 316 g/mol. The monoisotopic (exact) mass is 316 g/mol. The lowest BCUT2D eigenvalue weighted by Crippen LogP contribution is -2.19. The highest BCUT2D eigenvalue weighted by molar-refractivity contribution is 8.14. The highest BCUT2D eigenvalue weighted by atomic mass is 32.2. The Morgan fingerprint density at radius 1 is 1.50 bits per heavy atom. The summed E-state index contributed by atoms with van der Waals surface area (Å²) in [4.78, 5) is 10.5. The van der Waals surface area contributed by atoms with Crippen LogP contribution in [-0.2, 0) is 14.8 Å². The second kappa shape index (κ2) is 5.71. The van der Waals surface area contributed by atoms with Crippen molar-refractivity contribution in [3.05, 3.63) is 18.2 Å². The fourth-order valence-electron chi connectivity index (χ4n) is 1.55. The molecule has 0 aliphatic carbocycles. The zero-order chi connectivity index (χ0) is 14.8. The molecular weight excluding hydrogens is 304 g/mol. The third kappa shape index (κ3) is 3.23. The number of amidine groups is 1. The minimum Gasteiger partial charge on any atom is -0.497 e. The fourth-order valence-corrected chi connectivity index (χ4v) is 3.70. The van der Waals surface area contributed by atoms with Gasteiger partial charge in [0.05, 0.1) is 19.2 Å². The van der Waals surface area contributed by atoms with Crippen LogP contribution in [0.3, 0.4) is 0 Å². The predicted octanol–water partition coefficient (Wildman–Crippen LogP) is 1.37. The van der Waals surface area contributed by atoms with Gasteiger partial charge in [0.1, 0.15) is 10.6 Å². The summed E-state index contributed by atoms with van der Waals surface area (Å²) >= 11 is 1.04. The van der Waals surface area contributed by atoms with Crippen LogP contribution in [0.15, 0.2) is 27.5 Å². The number of anilines is 1. The molecular formula is C11H12N2O5S2. The Morgan fingerprint density at radius 3 is 2.90 bits per heavy atom. The molecule has 0 amide bonds. The summed E-state index contributed by atoms with van der Waals surface area (Å²) in [5.41, 5.74) is 0.372. The summed E-state index contributed by atoms with van der Waals surface area (Å²) in [6, 6.07) is 4.51. The van der Waals surface area contributed by atoms with E-state index in [9.17, 15) is 13.2 Å². The Hall–Kier alpha value is -1.74. The third-order valence-electron chi connectivity index (χ3n) is 2.46. The molecule has 1 aromatic carbocycles. The Labute approximate surface area is 120 Å². The Bertz CT molecular complexity index is 669. The number of carbonyl (C=O) groups is 1. The third-order valence-corrected chi connectivity index (χ3v) is 4.79. The summed E-state index contributed by atoms with van der Waals surface area (Å²) in [6.07, 6.45) is -0.0730. The van der Waals surface area contributed by atoms with E-state index in [1.807, 2.05) is 0 Å². The summed E-state index contributed by atoms with van der Waals surface area (Å²) in [6.45, 7) is 0. The maximum atomic E-state index is 12.0. The number of fused-ring (bicyclic) bond motifs is 1. The Kier molecular flexibility index (Phi) is 4.19. The van der Waals surface area contributed by atoms with Crippen molar-refractivity contribution in [2.45, 2.75) is 11.3 Å². The molecule has 0 unspecified atom stereocenters. The van der Waals surface area contributed by atoms with Crippen molar-refractivity contribution in [3.8, 4) is 5.75 Å². The maximum absolute atomic E-state index is 12.0. The van der Waals surface area contributed by atoms with E-state index < -0.39 is 16.0 Å². The minimum absolute atomic E-state index is 0.0703. The maximum Gasteiger partial charge on any atom is 0.304 e. The van der Waals surface area contributed by atoms with Crippen LogP contribution in [0.2, 0.25) is 0 Å². The van der Waals surface area contributed by atoms with Crippen LogP contribution in [0.1, 0.15) is 6.42 Å². The minimum atomic E-state index is -3.77. The second-order valence-corrected chi connectivity index (χ2v) is 6.51. The van der Waals surface area contributed by atoms with E-state index in [1.165, 1.54) is 19.2 Å². The van der Waals surface area contributed by atoms with Crippen LogP contribution in [0.4, 0.5) is 5.69 Å². The first-order valence-electron chi connectivity index (χ1n) is 5.57. The fraction of sp³-hybridized carbons (Fsp3) is 0.273. The van der Waals surface area contributed by atoms with E-state index in [4.69, 9.17) is 9.84 Å². The van der Waals surface area contributed by atoms with Crippen LogP contribution < -0.4 is 10.1 Å². The first kappa shape index (κ1) is 14.7. The lowest BCUT2D eigenvalue weighted by molar-refractivity contribution is -0.136. The molecule has 1 aliphatic rings. The van der Waals surface area contributed by atoms with E-state index in [0.717, 1.165) is 11.8 Å². The van der Waals surface area contributed by atoms with Crippen LogP contribution in [0.5, 0.6) is 5.75 Å². The molecule has 0 atom stereocenters. The van der Waals surface area contributed by atoms with Gasteiger partial charge in [-0.05, 0) is 12.1 Å². The number of rotatable bonds is 4. The van der Waals surface area contributed by atoms with Gasteiger partial charge >= 0.3 is 5.97 Å². The van der Waals surface area contributed by atoms with Gasteiger partial charge in [-0.2, -0.15) is 8.42 Å². The first-order valence-corrected chi connectivity index (χ1v) is 7.99. The molecule has 108 valence electrons. The topological polar surface area (TPSA) is 105 Å². The standard InChI is InChI=1S/C11H12N2O5S2/c1-18-7-2-3-9-8(6-7)12-11(13-20(9,16)17)19-5-4-10(14)15/h2-3,6H,4-5H2,1H3,(H,12,13)(H,14,15). The van der Waals surface area contributed by atoms with Gasteiger partial charge in [0.25, 0.3) is 10.0 Å². The summed E-state index contributed by atoms with van der Waals surface area (Å²) in [7, 11) is -2.28. The number of thioether (sulfide) groups is 1. The number of ether oxygens (including phenoxy) is 1. The molecule has 9 heteroatoms. The number of sulfonamides is 1. The second-order valence-electron chi connectivity index (χ2n) is 3.85. The largest absolute Gasteiger partial charge is 0.497 e. The van der Waals surface area contributed by atoms with Crippen LogP contribution in [0, 0.1) is 0 Å². The Balaban J connectivity index is 2.23. The predicted molar refractivity (Wildman–Crippen MR) is 75.9 cm³/mol. The molecule has 2 N–H and O–H groups in total. The van der Waals surface area contributed by atoms with E-state index in [0.29, 0.717) is 11.4 Å². The van der Waals surface area contributed by atoms with Crippen LogP contribution in [-0.4, -0.2) is 37.5 Å². The van der Waals surface area contributed by atoms with Gasteiger partial charge in [0.15, 0.2) is 5.17 Å². The number of hydrogen-bond donors (Lipinski definition) is 2. The number of hydrogen-bond acceptors (Lipinski definition) is 6. The molecule has 1 aromatic rings. The van der Waals surface area contributed by atoms with E-state index in [1.54, 1.807) is 6.07 Å². The van der Waals surface area contributed by atoms with Crippen molar-refractivity contribution in [1.82, 2.24) is 0 Å². The van der Waals surface area contributed by atoms with Crippen molar-refractivity contribution in [3.63, 3.8) is 0 Å². The zero-order valence-corrected chi connectivity index (χ0v) is 12.1. The van der Waals surface area contributed by atoms with Crippen molar-refractivity contribution >= 4 is 38.6 Å². The first-order chi connectivity index (χ1) is 9.42. The van der Waals surface area contributed by atoms with Crippen molar-refractivity contribution < 1.29 is 23.1 Å². The van der Waals surface area contributed by atoms with E-state index >= 15 is 0 Å². The molecule has 0 saturated carbocycles. The number of nitrogens with one attached hydrogen (secondary N) is 1. The molecule has 0 bridgehead atoms. The molecule has 0 radical (unpaired) electrons. The number of aliphatic carboxylic acids is 1. The summed E-state index contributed by atoms with van der Waals surface area (Å²) in [5.74, 6) is -0.197. The van der Waals surface area contributed by atoms with Gasteiger partial charge in [0, 0.05) is 11.8 Å². The molecule has 1 heterocycles. The van der Waals surface area contributed by atoms with Gasteiger partial charge in [-0.25, -0.2) is 0 Å². The van der Waals surface area contributed by atoms with Crippen molar-refractivity contribution in [2.75, 3.05) is 18.2 Å². The number of methoxy groups -OCH3 is 1. The molecule has 0 spiro atoms. The van der Waals surface area contributed by atoms with E-state index in [2.05, 4.69) is 9.71 Å². The van der Waals surface area contributed by atoms with Crippen LogP contribution in [0.25, 0.3) is 0 Å². The summed E-state index contributed by atoms with van der Waals surface area (Å²) < 4.78 is 32.6. The number of carboxylic acid groups (broad SMARTS) is 1. The number of benzene rings is 1. The quantitative estimate of drug-likeness (QED) is 0.864. The SMILES string of the molecule is COc1ccc2c(c1)NC(SCCC(=O)O)=NS2(=O)=O. The van der Waals surface area contributed by atoms with Gasteiger partial charge in [-0.3, -0.25) is 4.79 Å². The average Bonchev–Trinajstić information content (AvgIpc) is 2.36. The van der Waals surface area contributed by atoms with Gasteiger partial charge in [0.2, 0.25) is 0 Å². The van der Waals surface area contributed by atoms with E-state index in [-0.39, 0.29) is 22.2 Å². The molecule has 0 fully saturated rings. The number of nitrogens with zero attached hydrogens (tertiary/aromatic N) is 1. The van der Waals surface area contributed by atoms with Crippen LogP contribution >= 0.6 is 11.8 Å². The normalized spacial score (nSPS) is 15.8. The lowest BCUT2D eigenvalue weighted by Gasteiger charge is -2.18. The highest BCUT2D eigenvalue weighted by Crippen LogP contribution is 2.32. The van der Waals surface area contributed by atoms with Gasteiger partial charge in [-0.15, -0.1) is 4.40 Å². The Morgan fingerprint density at radius 2 is 2.25 bits per heavy atom. The smallest absolute Gasteiger partial charge is 0.304 e. The molecule has 2 rings (SSSR count).